The molecule has 1 radical (unpaired) electrons. The first-order valence-corrected chi connectivity index (χ1v) is 5.16. The number of hydrogen-bond acceptors (Lipinski definition) is 1. The molecule has 0 fully saturated rings. The van der Waals surface area contributed by atoms with E-state index in [4.69, 9.17) is 16.3 Å². The standard InChI is InChI=1S/C13H9ClFO/c14-12-7-6-10(8-13(12)15)9-16-11-4-2-1-3-5-11/h2-8H,9H2. The average molecular weight is 236 g/mol. The van der Waals surface area contributed by atoms with E-state index in [0.29, 0.717) is 6.61 Å². The molecule has 0 atom stereocenters. The topological polar surface area (TPSA) is 9.23 Å². The van der Waals surface area contributed by atoms with Gasteiger partial charge in [-0.2, -0.15) is 0 Å². The Hall–Kier alpha value is -1.54. The van der Waals surface area contributed by atoms with Crippen LogP contribution < -0.4 is 4.74 Å². The van der Waals surface area contributed by atoms with Crippen molar-refractivity contribution >= 4 is 11.6 Å². The molecule has 0 spiro atoms. The van der Waals surface area contributed by atoms with E-state index >= 15 is 0 Å². The number of halogens is 2. The first-order valence-electron chi connectivity index (χ1n) is 4.78. The van der Waals surface area contributed by atoms with Crippen LogP contribution in [0.2, 0.25) is 5.02 Å². The van der Waals surface area contributed by atoms with Crippen LogP contribution in [0.15, 0.2) is 42.5 Å². The van der Waals surface area contributed by atoms with E-state index in [1.165, 1.54) is 12.1 Å². The van der Waals surface area contributed by atoms with Crippen LogP contribution in [-0.2, 0) is 6.61 Å². The first-order chi connectivity index (χ1) is 7.75. The van der Waals surface area contributed by atoms with Crippen LogP contribution in [0, 0.1) is 11.9 Å². The normalized spacial score (nSPS) is 10.1. The zero-order valence-electron chi connectivity index (χ0n) is 8.41. The molecule has 3 heteroatoms. The summed E-state index contributed by atoms with van der Waals surface area (Å²) >= 11 is 5.58. The van der Waals surface area contributed by atoms with Gasteiger partial charge < -0.3 is 4.74 Å². The van der Waals surface area contributed by atoms with E-state index in [1.54, 1.807) is 30.3 Å². The third kappa shape index (κ3) is 2.74. The predicted octanol–water partition coefficient (Wildman–Crippen LogP) is 3.86. The Balaban J connectivity index is 2.03. The van der Waals surface area contributed by atoms with Crippen molar-refractivity contribution in [2.75, 3.05) is 0 Å². The molecule has 1 nitrogen and oxygen atoms in total. The number of ether oxygens (including phenoxy) is 1. The van der Waals surface area contributed by atoms with Crippen LogP contribution in [0.25, 0.3) is 0 Å². The van der Waals surface area contributed by atoms with Crippen molar-refractivity contribution in [2.24, 2.45) is 0 Å². The highest BCUT2D eigenvalue weighted by atomic mass is 35.5. The fourth-order valence-corrected chi connectivity index (χ4v) is 1.38. The van der Waals surface area contributed by atoms with Gasteiger partial charge in [0.15, 0.2) is 0 Å². The summed E-state index contributed by atoms with van der Waals surface area (Å²) in [5.74, 6) is 0.304. The first kappa shape index (κ1) is 11.0. The van der Waals surface area contributed by atoms with Crippen LogP contribution in [0.4, 0.5) is 4.39 Å². The van der Waals surface area contributed by atoms with Gasteiger partial charge in [-0.25, -0.2) is 4.39 Å². The monoisotopic (exact) mass is 235 g/mol. The highest BCUT2D eigenvalue weighted by Crippen LogP contribution is 2.17. The van der Waals surface area contributed by atoms with Crippen molar-refractivity contribution in [3.63, 3.8) is 0 Å². The summed E-state index contributed by atoms with van der Waals surface area (Å²) in [4.78, 5) is 0. The number of hydrogen-bond donors (Lipinski definition) is 0. The zero-order valence-corrected chi connectivity index (χ0v) is 9.17. The van der Waals surface area contributed by atoms with Crippen molar-refractivity contribution in [3.8, 4) is 5.75 Å². The summed E-state index contributed by atoms with van der Waals surface area (Å²) in [6, 6.07) is 14.6. The minimum Gasteiger partial charge on any atom is -0.489 e. The second kappa shape index (κ2) is 4.99. The Morgan fingerprint density at radius 2 is 1.94 bits per heavy atom. The molecule has 0 aliphatic carbocycles. The minimum atomic E-state index is -0.427. The van der Waals surface area contributed by atoms with Crippen LogP contribution in [0.3, 0.4) is 0 Å². The van der Waals surface area contributed by atoms with E-state index < -0.39 is 5.82 Å². The summed E-state index contributed by atoms with van der Waals surface area (Å²) < 4.78 is 18.6. The van der Waals surface area contributed by atoms with E-state index in [9.17, 15) is 4.39 Å². The summed E-state index contributed by atoms with van der Waals surface area (Å²) in [6.07, 6.45) is 0. The molecule has 16 heavy (non-hydrogen) atoms. The van der Waals surface area contributed by atoms with Gasteiger partial charge in [-0.1, -0.05) is 29.8 Å². The summed E-state index contributed by atoms with van der Waals surface area (Å²) in [5, 5.41) is 0.123. The van der Waals surface area contributed by atoms with Gasteiger partial charge in [0.1, 0.15) is 18.2 Å². The molecule has 81 valence electrons. The SMILES string of the molecule is Fc1cc(COc2cc[c]cc2)ccc1Cl. The highest BCUT2D eigenvalue weighted by Gasteiger charge is 2.01. The molecule has 0 saturated carbocycles. The van der Waals surface area contributed by atoms with E-state index in [0.717, 1.165) is 11.3 Å². The lowest BCUT2D eigenvalue weighted by molar-refractivity contribution is 0.305. The molecule has 0 amide bonds. The molecule has 0 aliphatic rings. The third-order valence-corrected chi connectivity index (χ3v) is 2.38. The Morgan fingerprint density at radius 3 is 2.62 bits per heavy atom. The van der Waals surface area contributed by atoms with E-state index in [-0.39, 0.29) is 5.02 Å². The second-order valence-corrected chi connectivity index (χ2v) is 3.68. The van der Waals surface area contributed by atoms with Gasteiger partial charge in [-0.3, -0.25) is 0 Å². The van der Waals surface area contributed by atoms with Gasteiger partial charge in [0.25, 0.3) is 0 Å². The molecule has 0 N–H and O–H groups in total. The van der Waals surface area contributed by atoms with E-state index in [1.807, 2.05) is 0 Å². The zero-order chi connectivity index (χ0) is 11.4. The van der Waals surface area contributed by atoms with Gasteiger partial charge in [0, 0.05) is 0 Å². The second-order valence-electron chi connectivity index (χ2n) is 3.27. The van der Waals surface area contributed by atoms with Gasteiger partial charge in [-0.05, 0) is 35.9 Å². The van der Waals surface area contributed by atoms with Gasteiger partial charge in [0.05, 0.1) is 5.02 Å². The quantitative estimate of drug-likeness (QED) is 0.785. The van der Waals surface area contributed by atoms with E-state index in [2.05, 4.69) is 6.07 Å². The number of rotatable bonds is 3. The summed E-state index contributed by atoms with van der Waals surface area (Å²) in [7, 11) is 0. The summed E-state index contributed by atoms with van der Waals surface area (Å²) in [6.45, 7) is 0.318. The maximum Gasteiger partial charge on any atom is 0.142 e. The Bertz CT molecular complexity index is 471. The molecule has 2 aromatic rings. The molecule has 2 rings (SSSR count). The smallest absolute Gasteiger partial charge is 0.142 e. The lowest BCUT2D eigenvalue weighted by atomic mass is 10.2. The molecule has 0 heterocycles. The fraction of sp³-hybridized carbons (Fsp3) is 0.0769. The molecular weight excluding hydrogens is 227 g/mol. The fourth-order valence-electron chi connectivity index (χ4n) is 1.26. The van der Waals surface area contributed by atoms with Crippen LogP contribution >= 0.6 is 11.6 Å². The van der Waals surface area contributed by atoms with Gasteiger partial charge in [0.2, 0.25) is 0 Å². The van der Waals surface area contributed by atoms with Gasteiger partial charge >= 0.3 is 0 Å². The Morgan fingerprint density at radius 1 is 1.19 bits per heavy atom. The molecule has 0 aliphatic heterocycles. The summed E-state index contributed by atoms with van der Waals surface area (Å²) in [5.41, 5.74) is 0.745. The highest BCUT2D eigenvalue weighted by molar-refractivity contribution is 6.30. The predicted molar refractivity (Wildman–Crippen MR) is 61.0 cm³/mol. The van der Waals surface area contributed by atoms with Crippen molar-refractivity contribution in [3.05, 3.63) is 64.9 Å². The van der Waals surface area contributed by atoms with Crippen LogP contribution in [-0.4, -0.2) is 0 Å². The maximum absolute atomic E-state index is 13.1. The maximum atomic E-state index is 13.1. The Labute approximate surface area is 98.4 Å². The lowest BCUT2D eigenvalue weighted by Gasteiger charge is -2.06. The van der Waals surface area contributed by atoms with Crippen molar-refractivity contribution in [1.29, 1.82) is 0 Å². The Kier molecular flexibility index (Phi) is 3.42. The molecule has 0 unspecified atom stereocenters. The molecule has 0 saturated heterocycles. The van der Waals surface area contributed by atoms with Crippen LogP contribution in [0.5, 0.6) is 5.75 Å². The van der Waals surface area contributed by atoms with Crippen molar-refractivity contribution in [2.45, 2.75) is 6.61 Å². The lowest BCUT2D eigenvalue weighted by Crippen LogP contribution is -1.95. The molecule has 0 aromatic heterocycles. The van der Waals surface area contributed by atoms with Crippen LogP contribution in [0.1, 0.15) is 5.56 Å². The number of benzene rings is 2. The molecular formula is C13H9ClFO. The third-order valence-electron chi connectivity index (χ3n) is 2.08. The molecule has 2 aromatic carbocycles. The minimum absolute atomic E-state index is 0.123. The average Bonchev–Trinajstić information content (AvgIpc) is 2.32. The van der Waals surface area contributed by atoms with Crippen molar-refractivity contribution in [1.82, 2.24) is 0 Å². The van der Waals surface area contributed by atoms with Crippen molar-refractivity contribution < 1.29 is 9.13 Å². The molecule has 0 bridgehead atoms. The largest absolute Gasteiger partial charge is 0.489 e. The van der Waals surface area contributed by atoms with Gasteiger partial charge in [-0.15, -0.1) is 0 Å².